The molecule has 0 spiro atoms. The van der Waals surface area contributed by atoms with Gasteiger partial charge < -0.3 is 9.64 Å². The first kappa shape index (κ1) is 8.92. The van der Waals surface area contributed by atoms with Crippen molar-refractivity contribution in [2.24, 2.45) is 0 Å². The van der Waals surface area contributed by atoms with Crippen LogP contribution in [0.2, 0.25) is 0 Å². The molecule has 2 unspecified atom stereocenters. The van der Waals surface area contributed by atoms with E-state index in [2.05, 4.69) is 0 Å². The molecule has 2 aliphatic rings. The van der Waals surface area contributed by atoms with Crippen LogP contribution in [-0.4, -0.2) is 36.1 Å². The van der Waals surface area contributed by atoms with Crippen LogP contribution in [0.15, 0.2) is 30.3 Å². The first-order valence-corrected chi connectivity index (χ1v) is 5.32. The predicted molar refractivity (Wildman–Crippen MR) is 55.6 cm³/mol. The van der Waals surface area contributed by atoms with Gasteiger partial charge in [-0.2, -0.15) is 0 Å². The van der Waals surface area contributed by atoms with Crippen LogP contribution in [-0.2, 0) is 4.74 Å². The molecule has 2 heterocycles. The van der Waals surface area contributed by atoms with Gasteiger partial charge in [0, 0.05) is 12.1 Å². The zero-order chi connectivity index (χ0) is 10.3. The topological polar surface area (TPSA) is 29.5 Å². The Balaban J connectivity index is 1.81. The number of hydrogen-bond acceptors (Lipinski definition) is 2. The van der Waals surface area contributed by atoms with E-state index in [0.29, 0.717) is 12.6 Å². The molecule has 1 aromatic rings. The van der Waals surface area contributed by atoms with Crippen LogP contribution in [0.25, 0.3) is 0 Å². The number of ether oxygens (including phenoxy) is 1. The summed E-state index contributed by atoms with van der Waals surface area (Å²) in [5.41, 5.74) is 0.782. The van der Waals surface area contributed by atoms with E-state index < -0.39 is 0 Å². The minimum absolute atomic E-state index is 0.145. The van der Waals surface area contributed by atoms with E-state index in [4.69, 9.17) is 4.74 Å². The van der Waals surface area contributed by atoms with Crippen LogP contribution in [0, 0.1) is 0 Å². The molecule has 3 heteroatoms. The van der Waals surface area contributed by atoms with Crippen molar-refractivity contribution in [2.45, 2.75) is 18.6 Å². The van der Waals surface area contributed by atoms with Crippen molar-refractivity contribution in [3.05, 3.63) is 35.9 Å². The fraction of sp³-hybridized carbons (Fsp3) is 0.417. The van der Waals surface area contributed by atoms with Gasteiger partial charge in [0.2, 0.25) is 0 Å². The van der Waals surface area contributed by atoms with Crippen LogP contribution in [0.4, 0.5) is 0 Å². The minimum atomic E-state index is 0.145. The molecule has 0 aliphatic carbocycles. The molecule has 0 N–H and O–H groups in total. The molecule has 2 atom stereocenters. The lowest BCUT2D eigenvalue weighted by atomic mass is 10.2. The number of benzene rings is 1. The monoisotopic (exact) mass is 203 g/mol. The van der Waals surface area contributed by atoms with E-state index >= 15 is 0 Å². The van der Waals surface area contributed by atoms with Crippen molar-refractivity contribution in [1.82, 2.24) is 4.90 Å². The smallest absolute Gasteiger partial charge is 0.254 e. The van der Waals surface area contributed by atoms with Gasteiger partial charge in [0.15, 0.2) is 0 Å². The lowest BCUT2D eigenvalue weighted by Crippen LogP contribution is -2.41. The quantitative estimate of drug-likeness (QED) is 0.688. The Kier molecular flexibility index (Phi) is 1.99. The summed E-state index contributed by atoms with van der Waals surface area (Å²) in [6.07, 6.45) is 1.29. The molecule has 3 nitrogen and oxygen atoms in total. The molecule has 2 aliphatic heterocycles. The van der Waals surface area contributed by atoms with Gasteiger partial charge in [0.1, 0.15) is 0 Å². The standard InChI is InChI=1S/C12H13NO2/c14-12(9-4-2-1-3-5-9)13-7-11-6-10(13)8-15-11/h1-5,10-11H,6-8H2. The second kappa shape index (κ2) is 3.35. The fourth-order valence-corrected chi connectivity index (χ4v) is 2.39. The Morgan fingerprint density at radius 3 is 2.73 bits per heavy atom. The van der Waals surface area contributed by atoms with Gasteiger partial charge in [-0.1, -0.05) is 18.2 Å². The molecular weight excluding hydrogens is 190 g/mol. The van der Waals surface area contributed by atoms with E-state index in [1.165, 1.54) is 0 Å². The number of fused-ring (bicyclic) bond motifs is 2. The Morgan fingerprint density at radius 1 is 1.33 bits per heavy atom. The number of hydrogen-bond donors (Lipinski definition) is 0. The molecular formula is C12H13NO2. The van der Waals surface area contributed by atoms with Crippen molar-refractivity contribution in [3.63, 3.8) is 0 Å². The van der Waals surface area contributed by atoms with Gasteiger partial charge in [-0.05, 0) is 18.6 Å². The van der Waals surface area contributed by atoms with Gasteiger partial charge in [-0.3, -0.25) is 4.79 Å². The van der Waals surface area contributed by atoms with Crippen molar-refractivity contribution >= 4 is 5.91 Å². The molecule has 3 rings (SSSR count). The van der Waals surface area contributed by atoms with Crippen LogP contribution in [0.1, 0.15) is 16.8 Å². The van der Waals surface area contributed by atoms with E-state index in [1.54, 1.807) is 0 Å². The molecule has 1 amide bonds. The summed E-state index contributed by atoms with van der Waals surface area (Å²) in [6, 6.07) is 9.78. The maximum atomic E-state index is 12.1. The number of carbonyl (C=O) groups is 1. The van der Waals surface area contributed by atoms with Crippen molar-refractivity contribution in [2.75, 3.05) is 13.2 Å². The Hall–Kier alpha value is -1.35. The molecule has 2 saturated heterocycles. The van der Waals surface area contributed by atoms with Crippen molar-refractivity contribution < 1.29 is 9.53 Å². The third-order valence-electron chi connectivity index (χ3n) is 3.18. The lowest BCUT2D eigenvalue weighted by molar-refractivity contribution is 0.0259. The summed E-state index contributed by atoms with van der Waals surface area (Å²) in [7, 11) is 0. The minimum Gasteiger partial charge on any atom is -0.374 e. The number of nitrogens with zero attached hydrogens (tertiary/aromatic N) is 1. The van der Waals surface area contributed by atoms with Crippen molar-refractivity contribution in [3.8, 4) is 0 Å². The average Bonchev–Trinajstić information content (AvgIpc) is 2.91. The van der Waals surface area contributed by atoms with Crippen LogP contribution in [0.3, 0.4) is 0 Å². The van der Waals surface area contributed by atoms with Gasteiger partial charge in [-0.15, -0.1) is 0 Å². The highest BCUT2D eigenvalue weighted by Gasteiger charge is 2.41. The molecule has 1 aromatic carbocycles. The highest BCUT2D eigenvalue weighted by molar-refractivity contribution is 5.94. The van der Waals surface area contributed by atoms with E-state index in [-0.39, 0.29) is 12.0 Å². The summed E-state index contributed by atoms with van der Waals surface area (Å²) in [5, 5.41) is 0. The van der Waals surface area contributed by atoms with Crippen LogP contribution >= 0.6 is 0 Å². The van der Waals surface area contributed by atoms with E-state index in [1.807, 2.05) is 35.2 Å². The number of morpholine rings is 1. The van der Waals surface area contributed by atoms with Crippen LogP contribution in [0.5, 0.6) is 0 Å². The predicted octanol–water partition coefficient (Wildman–Crippen LogP) is 1.30. The Labute approximate surface area is 88.6 Å². The maximum absolute atomic E-state index is 12.1. The first-order chi connectivity index (χ1) is 7.34. The van der Waals surface area contributed by atoms with E-state index in [0.717, 1.165) is 18.5 Å². The second-order valence-corrected chi connectivity index (χ2v) is 4.17. The van der Waals surface area contributed by atoms with Gasteiger partial charge in [0.25, 0.3) is 5.91 Å². The Morgan fingerprint density at radius 2 is 2.13 bits per heavy atom. The summed E-state index contributed by atoms with van der Waals surface area (Å²) < 4.78 is 5.47. The average molecular weight is 203 g/mol. The number of likely N-dealkylation sites (tertiary alicyclic amines) is 1. The third kappa shape index (κ3) is 1.43. The van der Waals surface area contributed by atoms with E-state index in [9.17, 15) is 4.79 Å². The lowest BCUT2D eigenvalue weighted by Gasteiger charge is -2.26. The molecule has 2 fully saturated rings. The van der Waals surface area contributed by atoms with Gasteiger partial charge in [-0.25, -0.2) is 0 Å². The normalized spacial score (nSPS) is 28.4. The van der Waals surface area contributed by atoms with Crippen LogP contribution < -0.4 is 0 Å². The molecule has 0 aromatic heterocycles. The summed E-state index contributed by atoms with van der Waals surface area (Å²) in [5.74, 6) is 0.145. The number of carbonyl (C=O) groups excluding carboxylic acids is 1. The van der Waals surface area contributed by atoms with Gasteiger partial charge >= 0.3 is 0 Å². The Bertz CT molecular complexity index is 376. The van der Waals surface area contributed by atoms with Crippen molar-refractivity contribution in [1.29, 1.82) is 0 Å². The highest BCUT2D eigenvalue weighted by atomic mass is 16.5. The molecule has 0 saturated carbocycles. The summed E-state index contributed by atoms with van der Waals surface area (Å²) in [6.45, 7) is 1.47. The summed E-state index contributed by atoms with van der Waals surface area (Å²) >= 11 is 0. The first-order valence-electron chi connectivity index (χ1n) is 5.32. The van der Waals surface area contributed by atoms with Gasteiger partial charge in [0.05, 0.1) is 18.8 Å². The largest absolute Gasteiger partial charge is 0.374 e. The molecule has 2 bridgehead atoms. The number of amides is 1. The molecule has 15 heavy (non-hydrogen) atoms. The highest BCUT2D eigenvalue weighted by Crippen LogP contribution is 2.28. The third-order valence-corrected chi connectivity index (χ3v) is 3.18. The number of rotatable bonds is 1. The fourth-order valence-electron chi connectivity index (χ4n) is 2.39. The maximum Gasteiger partial charge on any atom is 0.254 e. The zero-order valence-corrected chi connectivity index (χ0v) is 8.43. The second-order valence-electron chi connectivity index (χ2n) is 4.17. The molecule has 78 valence electrons. The SMILES string of the molecule is O=C(c1ccccc1)N1CC2CC1CO2. The zero-order valence-electron chi connectivity index (χ0n) is 8.43. The summed E-state index contributed by atoms with van der Waals surface area (Å²) in [4.78, 5) is 14.1. The molecule has 0 radical (unpaired) electrons.